The summed E-state index contributed by atoms with van der Waals surface area (Å²) in [5, 5.41) is 17.5. The average Bonchev–Trinajstić information content (AvgIpc) is 2.26. The van der Waals surface area contributed by atoms with Crippen LogP contribution in [0.15, 0.2) is 18.3 Å². The number of aromatic nitrogens is 1. The van der Waals surface area contributed by atoms with Gasteiger partial charge in [0.2, 0.25) is 0 Å². The lowest BCUT2D eigenvalue weighted by Crippen LogP contribution is -2.27. The highest BCUT2D eigenvalue weighted by Gasteiger charge is 2.07. The molecular weight excluding hydrogens is 196 g/mol. The van der Waals surface area contributed by atoms with Crippen LogP contribution in [0.4, 0.5) is 5.82 Å². The van der Waals surface area contributed by atoms with Gasteiger partial charge in [-0.25, -0.2) is 9.78 Å². The highest BCUT2D eigenvalue weighted by atomic mass is 16.4. The second-order valence-corrected chi connectivity index (χ2v) is 3.01. The van der Waals surface area contributed by atoms with Gasteiger partial charge >= 0.3 is 5.97 Å². The van der Waals surface area contributed by atoms with Gasteiger partial charge in [-0.15, -0.1) is 0 Å². The molecule has 1 aromatic rings. The average molecular weight is 210 g/mol. The van der Waals surface area contributed by atoms with Crippen molar-refractivity contribution in [3.05, 3.63) is 23.9 Å². The molecule has 0 aliphatic rings. The SMILES string of the molecule is CCN(CCO)c1ccc(C(=O)O)cn1. The molecule has 1 rings (SSSR count). The van der Waals surface area contributed by atoms with Crippen LogP contribution in [0.3, 0.4) is 0 Å². The smallest absolute Gasteiger partial charge is 0.337 e. The van der Waals surface area contributed by atoms with Crippen LogP contribution in [0, 0.1) is 0 Å². The third-order valence-electron chi connectivity index (χ3n) is 2.07. The molecule has 0 unspecified atom stereocenters. The predicted octanol–water partition coefficient (Wildman–Crippen LogP) is 0.598. The van der Waals surface area contributed by atoms with E-state index in [1.54, 1.807) is 6.07 Å². The van der Waals surface area contributed by atoms with Crippen LogP contribution in [-0.2, 0) is 0 Å². The summed E-state index contributed by atoms with van der Waals surface area (Å²) in [6, 6.07) is 3.15. The monoisotopic (exact) mass is 210 g/mol. The quantitative estimate of drug-likeness (QED) is 0.744. The summed E-state index contributed by atoms with van der Waals surface area (Å²) in [5.74, 6) is -0.309. The lowest BCUT2D eigenvalue weighted by molar-refractivity contribution is 0.0696. The molecule has 0 saturated heterocycles. The summed E-state index contributed by atoms with van der Waals surface area (Å²) in [6.45, 7) is 3.22. The Morgan fingerprint density at radius 3 is 2.67 bits per heavy atom. The molecular formula is C10H14N2O3. The Hall–Kier alpha value is -1.62. The van der Waals surface area contributed by atoms with Crippen LogP contribution in [0.1, 0.15) is 17.3 Å². The van der Waals surface area contributed by atoms with E-state index >= 15 is 0 Å². The summed E-state index contributed by atoms with van der Waals surface area (Å²) < 4.78 is 0. The van der Waals surface area contributed by atoms with E-state index in [1.165, 1.54) is 12.3 Å². The summed E-state index contributed by atoms with van der Waals surface area (Å²) in [6.07, 6.45) is 1.32. The number of carboxylic acid groups (broad SMARTS) is 1. The van der Waals surface area contributed by atoms with E-state index in [1.807, 2.05) is 11.8 Å². The molecule has 1 heterocycles. The van der Waals surface area contributed by atoms with Gasteiger partial charge in [0.05, 0.1) is 12.2 Å². The van der Waals surface area contributed by atoms with Gasteiger partial charge < -0.3 is 15.1 Å². The summed E-state index contributed by atoms with van der Waals surface area (Å²) >= 11 is 0. The Morgan fingerprint density at radius 1 is 1.53 bits per heavy atom. The number of aliphatic hydroxyl groups excluding tert-OH is 1. The number of pyridine rings is 1. The molecule has 1 aromatic heterocycles. The fraction of sp³-hybridized carbons (Fsp3) is 0.400. The largest absolute Gasteiger partial charge is 0.478 e. The Morgan fingerprint density at radius 2 is 2.27 bits per heavy atom. The highest BCUT2D eigenvalue weighted by Crippen LogP contribution is 2.10. The van der Waals surface area contributed by atoms with Crippen LogP contribution < -0.4 is 4.90 Å². The van der Waals surface area contributed by atoms with E-state index in [2.05, 4.69) is 4.98 Å². The first-order valence-corrected chi connectivity index (χ1v) is 4.74. The minimum atomic E-state index is -0.987. The van der Waals surface area contributed by atoms with Gasteiger partial charge in [-0.2, -0.15) is 0 Å². The van der Waals surface area contributed by atoms with Crippen LogP contribution in [0.2, 0.25) is 0 Å². The number of carboxylic acids is 1. The lowest BCUT2D eigenvalue weighted by Gasteiger charge is -2.20. The zero-order valence-electron chi connectivity index (χ0n) is 8.55. The fourth-order valence-electron chi connectivity index (χ4n) is 1.25. The molecule has 0 aliphatic carbocycles. The van der Waals surface area contributed by atoms with Gasteiger partial charge in [-0.1, -0.05) is 0 Å². The third kappa shape index (κ3) is 2.92. The number of anilines is 1. The zero-order valence-corrected chi connectivity index (χ0v) is 8.55. The molecule has 0 fully saturated rings. The van der Waals surface area contributed by atoms with Crippen LogP contribution in [-0.4, -0.2) is 40.9 Å². The van der Waals surface area contributed by atoms with Crippen molar-refractivity contribution < 1.29 is 15.0 Å². The molecule has 0 bridgehead atoms. The predicted molar refractivity (Wildman–Crippen MR) is 56.2 cm³/mol. The Bertz CT molecular complexity index is 324. The van der Waals surface area contributed by atoms with Crippen molar-refractivity contribution in [3.63, 3.8) is 0 Å². The number of likely N-dealkylation sites (N-methyl/N-ethyl adjacent to an activating group) is 1. The van der Waals surface area contributed by atoms with E-state index in [0.29, 0.717) is 12.4 Å². The van der Waals surface area contributed by atoms with E-state index in [4.69, 9.17) is 10.2 Å². The van der Waals surface area contributed by atoms with Gasteiger partial charge in [0.15, 0.2) is 0 Å². The molecule has 0 amide bonds. The number of carbonyl (C=O) groups is 1. The van der Waals surface area contributed by atoms with E-state index < -0.39 is 5.97 Å². The number of aliphatic hydroxyl groups is 1. The number of aromatic carboxylic acids is 1. The first kappa shape index (κ1) is 11.5. The van der Waals surface area contributed by atoms with Crippen molar-refractivity contribution in [3.8, 4) is 0 Å². The fourth-order valence-corrected chi connectivity index (χ4v) is 1.25. The molecule has 2 N–H and O–H groups in total. The minimum absolute atomic E-state index is 0.0518. The van der Waals surface area contributed by atoms with E-state index in [-0.39, 0.29) is 12.2 Å². The van der Waals surface area contributed by atoms with Gasteiger partial charge in [0.1, 0.15) is 5.82 Å². The topological polar surface area (TPSA) is 73.7 Å². The summed E-state index contributed by atoms with van der Waals surface area (Å²) in [4.78, 5) is 16.5. The normalized spacial score (nSPS) is 10.0. The lowest BCUT2D eigenvalue weighted by atomic mass is 10.3. The highest BCUT2D eigenvalue weighted by molar-refractivity contribution is 5.87. The number of rotatable bonds is 5. The van der Waals surface area contributed by atoms with Crippen LogP contribution in [0.25, 0.3) is 0 Å². The molecule has 0 radical (unpaired) electrons. The Kier molecular flexibility index (Phi) is 4.05. The van der Waals surface area contributed by atoms with Crippen molar-refractivity contribution in [2.75, 3.05) is 24.6 Å². The molecule has 5 heteroatoms. The standard InChI is InChI=1S/C10H14N2O3/c1-2-12(5-6-13)9-4-3-8(7-11-9)10(14)15/h3-4,7,13H,2,5-6H2,1H3,(H,14,15). The molecule has 0 spiro atoms. The first-order valence-electron chi connectivity index (χ1n) is 4.74. The van der Waals surface area contributed by atoms with E-state index in [0.717, 1.165) is 6.54 Å². The van der Waals surface area contributed by atoms with Crippen molar-refractivity contribution in [2.24, 2.45) is 0 Å². The molecule has 15 heavy (non-hydrogen) atoms. The van der Waals surface area contributed by atoms with Crippen molar-refractivity contribution in [1.29, 1.82) is 0 Å². The number of nitrogens with zero attached hydrogens (tertiary/aromatic N) is 2. The van der Waals surface area contributed by atoms with Crippen molar-refractivity contribution >= 4 is 11.8 Å². The molecule has 5 nitrogen and oxygen atoms in total. The van der Waals surface area contributed by atoms with Crippen molar-refractivity contribution in [2.45, 2.75) is 6.92 Å². The number of hydrogen-bond donors (Lipinski definition) is 2. The second kappa shape index (κ2) is 5.31. The first-order chi connectivity index (χ1) is 7.19. The molecule has 0 atom stereocenters. The van der Waals surface area contributed by atoms with Crippen LogP contribution in [0.5, 0.6) is 0 Å². The van der Waals surface area contributed by atoms with Gasteiger partial charge in [0.25, 0.3) is 0 Å². The van der Waals surface area contributed by atoms with Crippen molar-refractivity contribution in [1.82, 2.24) is 4.98 Å². The van der Waals surface area contributed by atoms with E-state index in [9.17, 15) is 4.79 Å². The van der Waals surface area contributed by atoms with Crippen LogP contribution >= 0.6 is 0 Å². The maximum Gasteiger partial charge on any atom is 0.337 e. The summed E-state index contributed by atoms with van der Waals surface area (Å²) in [7, 11) is 0. The molecule has 0 aromatic carbocycles. The van der Waals surface area contributed by atoms with Gasteiger partial charge in [-0.3, -0.25) is 0 Å². The van der Waals surface area contributed by atoms with Gasteiger partial charge in [0, 0.05) is 19.3 Å². The Labute approximate surface area is 88.0 Å². The Balaban J connectivity index is 2.81. The number of hydrogen-bond acceptors (Lipinski definition) is 4. The summed E-state index contributed by atoms with van der Waals surface area (Å²) in [5.41, 5.74) is 0.166. The second-order valence-electron chi connectivity index (χ2n) is 3.01. The zero-order chi connectivity index (χ0) is 11.3. The third-order valence-corrected chi connectivity index (χ3v) is 2.07. The molecule has 82 valence electrons. The minimum Gasteiger partial charge on any atom is -0.478 e. The molecule has 0 aliphatic heterocycles. The van der Waals surface area contributed by atoms with Gasteiger partial charge in [-0.05, 0) is 19.1 Å². The maximum atomic E-state index is 10.6. The maximum absolute atomic E-state index is 10.6. The molecule has 0 saturated carbocycles.